The van der Waals surface area contributed by atoms with Crippen molar-refractivity contribution in [3.05, 3.63) is 134 Å². The van der Waals surface area contributed by atoms with Gasteiger partial charge in [-0.05, 0) is 36.6 Å². The summed E-state index contributed by atoms with van der Waals surface area (Å²) in [6.45, 7) is 3.55. The lowest BCUT2D eigenvalue weighted by atomic mass is 9.83. The van der Waals surface area contributed by atoms with Crippen LogP contribution in [0.3, 0.4) is 0 Å². The summed E-state index contributed by atoms with van der Waals surface area (Å²) in [5.41, 5.74) is 7.11. The minimum Gasteiger partial charge on any atom is -0.489 e. The first kappa shape index (κ1) is 28.3. The number of hydrogen-bond donors (Lipinski definition) is 2. The SMILES string of the molecule is CC1=C(C(=O)OCc2ccc(C3=NNC(=O)CC3)cc2)C(c2ccccc2OCc2ccccc2)C([N+](=O)[O-])=C(C)N1. The van der Waals surface area contributed by atoms with Crippen molar-refractivity contribution in [1.29, 1.82) is 0 Å². The molecule has 3 aromatic carbocycles. The summed E-state index contributed by atoms with van der Waals surface area (Å²) in [5, 5.41) is 19.4. The normalized spacial score (nSPS) is 16.8. The van der Waals surface area contributed by atoms with Gasteiger partial charge in [0.2, 0.25) is 5.91 Å². The number of carbonyl (C=O) groups excluding carboxylic acids is 2. The molecule has 5 rings (SSSR count). The third-order valence-corrected chi connectivity index (χ3v) is 7.17. The number of benzene rings is 3. The topological polar surface area (TPSA) is 132 Å². The van der Waals surface area contributed by atoms with E-state index in [0.717, 1.165) is 22.4 Å². The second-order valence-electron chi connectivity index (χ2n) is 10.0. The number of carbonyl (C=O) groups is 2. The molecule has 3 aromatic rings. The Morgan fingerprint density at radius 3 is 2.31 bits per heavy atom. The Hall–Kier alpha value is -5.25. The molecule has 0 radical (unpaired) electrons. The molecule has 42 heavy (non-hydrogen) atoms. The van der Waals surface area contributed by atoms with Crippen molar-refractivity contribution >= 4 is 17.6 Å². The highest BCUT2D eigenvalue weighted by molar-refractivity contribution is 6.04. The second-order valence-corrected chi connectivity index (χ2v) is 10.0. The molecule has 10 heteroatoms. The van der Waals surface area contributed by atoms with Crippen LogP contribution in [0, 0.1) is 10.1 Å². The zero-order valence-electron chi connectivity index (χ0n) is 23.3. The fourth-order valence-corrected chi connectivity index (χ4v) is 5.09. The molecule has 0 aromatic heterocycles. The van der Waals surface area contributed by atoms with E-state index in [9.17, 15) is 19.7 Å². The van der Waals surface area contributed by atoms with Crippen LogP contribution in [-0.4, -0.2) is 22.5 Å². The number of rotatable bonds is 9. The first-order chi connectivity index (χ1) is 20.3. The van der Waals surface area contributed by atoms with Gasteiger partial charge in [0.1, 0.15) is 24.9 Å². The van der Waals surface area contributed by atoms with Crippen molar-refractivity contribution in [3.8, 4) is 5.75 Å². The van der Waals surface area contributed by atoms with Gasteiger partial charge in [-0.15, -0.1) is 0 Å². The van der Waals surface area contributed by atoms with Gasteiger partial charge in [0.25, 0.3) is 5.70 Å². The van der Waals surface area contributed by atoms with E-state index in [4.69, 9.17) is 9.47 Å². The highest BCUT2D eigenvalue weighted by atomic mass is 16.6. The number of amides is 1. The van der Waals surface area contributed by atoms with E-state index in [1.807, 2.05) is 54.6 Å². The minimum atomic E-state index is -1.01. The number of nitro groups is 1. The largest absolute Gasteiger partial charge is 0.489 e. The molecule has 1 amide bonds. The number of dihydropyridines is 1. The number of nitrogens with zero attached hydrogens (tertiary/aromatic N) is 2. The summed E-state index contributed by atoms with van der Waals surface area (Å²) in [6, 6.07) is 24.0. The lowest BCUT2D eigenvalue weighted by molar-refractivity contribution is -0.431. The summed E-state index contributed by atoms with van der Waals surface area (Å²) in [4.78, 5) is 36.9. The smallest absolute Gasteiger partial charge is 0.337 e. The van der Waals surface area contributed by atoms with Crippen LogP contribution in [0.2, 0.25) is 0 Å². The van der Waals surface area contributed by atoms with E-state index < -0.39 is 16.8 Å². The minimum absolute atomic E-state index is 0.0333. The van der Waals surface area contributed by atoms with E-state index in [2.05, 4.69) is 15.8 Å². The average Bonchev–Trinajstić information content (AvgIpc) is 2.99. The van der Waals surface area contributed by atoms with Crippen molar-refractivity contribution in [2.45, 2.75) is 45.8 Å². The fourth-order valence-electron chi connectivity index (χ4n) is 5.09. The molecule has 1 unspecified atom stereocenters. The average molecular weight is 567 g/mol. The van der Waals surface area contributed by atoms with Gasteiger partial charge in [-0.25, -0.2) is 10.2 Å². The second kappa shape index (κ2) is 12.5. The first-order valence-electron chi connectivity index (χ1n) is 13.5. The summed E-state index contributed by atoms with van der Waals surface area (Å²) in [6.07, 6.45) is 0.923. The number of allylic oxidation sites excluding steroid dienone is 3. The Bertz CT molecular complexity index is 1610. The van der Waals surface area contributed by atoms with Gasteiger partial charge in [-0.3, -0.25) is 14.9 Å². The molecule has 0 bridgehead atoms. The third kappa shape index (κ3) is 6.22. The molecule has 0 saturated heterocycles. The molecule has 214 valence electrons. The summed E-state index contributed by atoms with van der Waals surface area (Å²) in [7, 11) is 0. The predicted octanol–water partition coefficient (Wildman–Crippen LogP) is 5.09. The van der Waals surface area contributed by atoms with Gasteiger partial charge in [0.05, 0.1) is 21.9 Å². The number of nitrogens with one attached hydrogen (secondary N) is 2. The summed E-state index contributed by atoms with van der Waals surface area (Å²) >= 11 is 0. The predicted molar refractivity (Wildman–Crippen MR) is 156 cm³/mol. The molecule has 2 heterocycles. The van der Waals surface area contributed by atoms with Crippen molar-refractivity contribution in [2.75, 3.05) is 0 Å². The third-order valence-electron chi connectivity index (χ3n) is 7.17. The first-order valence-corrected chi connectivity index (χ1v) is 13.5. The molecule has 0 saturated carbocycles. The molecule has 0 spiro atoms. The maximum absolute atomic E-state index is 13.6. The monoisotopic (exact) mass is 566 g/mol. The number of esters is 1. The van der Waals surface area contributed by atoms with Crippen LogP contribution in [0.25, 0.3) is 0 Å². The molecule has 2 aliphatic heterocycles. The van der Waals surface area contributed by atoms with Crippen LogP contribution in [0.4, 0.5) is 0 Å². The molecular formula is C32H30N4O6. The standard InChI is InChI=1S/C32H30N4O6/c1-20-29(32(38)42-19-23-12-14-24(15-13-23)26-16-17-28(37)35-34-26)30(31(36(39)40)21(2)33-20)25-10-6-7-11-27(25)41-18-22-8-4-3-5-9-22/h3-15,30,33H,16-19H2,1-2H3,(H,35,37). The Morgan fingerprint density at radius 2 is 1.62 bits per heavy atom. The van der Waals surface area contributed by atoms with E-state index in [1.54, 1.807) is 38.1 Å². The zero-order chi connectivity index (χ0) is 29.6. The quantitative estimate of drug-likeness (QED) is 0.209. The van der Waals surface area contributed by atoms with E-state index in [0.29, 0.717) is 35.5 Å². The molecule has 2 N–H and O–H groups in total. The van der Waals surface area contributed by atoms with Crippen LogP contribution in [0.5, 0.6) is 5.75 Å². The van der Waals surface area contributed by atoms with Crippen molar-refractivity contribution in [3.63, 3.8) is 0 Å². The van der Waals surface area contributed by atoms with E-state index in [1.165, 1.54) is 0 Å². The lowest BCUT2D eigenvalue weighted by Crippen LogP contribution is -2.31. The van der Waals surface area contributed by atoms with Crippen LogP contribution >= 0.6 is 0 Å². The number of hydrazone groups is 1. The molecule has 10 nitrogen and oxygen atoms in total. The summed E-state index contributed by atoms with van der Waals surface area (Å²) in [5.74, 6) is -1.35. The van der Waals surface area contributed by atoms with Gasteiger partial charge in [0, 0.05) is 24.1 Å². The van der Waals surface area contributed by atoms with Gasteiger partial charge in [-0.2, -0.15) is 5.10 Å². The van der Waals surface area contributed by atoms with E-state index in [-0.39, 0.29) is 30.4 Å². The summed E-state index contributed by atoms with van der Waals surface area (Å²) < 4.78 is 11.8. The molecule has 0 aliphatic carbocycles. The van der Waals surface area contributed by atoms with Gasteiger partial charge in [0.15, 0.2) is 0 Å². The van der Waals surface area contributed by atoms with Crippen LogP contribution in [0.15, 0.2) is 107 Å². The highest BCUT2D eigenvalue weighted by Crippen LogP contribution is 2.42. The maximum atomic E-state index is 13.6. The van der Waals surface area contributed by atoms with Crippen LogP contribution in [-0.2, 0) is 27.5 Å². The van der Waals surface area contributed by atoms with E-state index >= 15 is 0 Å². The lowest BCUT2D eigenvalue weighted by Gasteiger charge is -2.27. The number of para-hydroxylation sites is 1. The number of hydrogen-bond acceptors (Lipinski definition) is 8. The Labute approximate surface area is 242 Å². The highest BCUT2D eigenvalue weighted by Gasteiger charge is 2.42. The Balaban J connectivity index is 1.39. The zero-order valence-corrected chi connectivity index (χ0v) is 23.3. The Kier molecular flexibility index (Phi) is 8.42. The molecular weight excluding hydrogens is 536 g/mol. The van der Waals surface area contributed by atoms with Crippen LogP contribution in [0.1, 0.15) is 54.9 Å². The van der Waals surface area contributed by atoms with Gasteiger partial charge >= 0.3 is 5.97 Å². The maximum Gasteiger partial charge on any atom is 0.337 e. The molecule has 1 atom stereocenters. The van der Waals surface area contributed by atoms with Gasteiger partial charge < -0.3 is 14.8 Å². The van der Waals surface area contributed by atoms with Crippen molar-refractivity contribution in [2.24, 2.45) is 5.10 Å². The fraction of sp³-hybridized carbons (Fsp3) is 0.219. The number of ether oxygens (including phenoxy) is 2. The molecule has 2 aliphatic rings. The molecule has 0 fully saturated rings. The van der Waals surface area contributed by atoms with Crippen molar-refractivity contribution < 1.29 is 24.0 Å². The Morgan fingerprint density at radius 1 is 0.929 bits per heavy atom. The van der Waals surface area contributed by atoms with Crippen LogP contribution < -0.4 is 15.5 Å². The van der Waals surface area contributed by atoms with Crippen molar-refractivity contribution in [1.82, 2.24) is 10.7 Å². The van der Waals surface area contributed by atoms with Gasteiger partial charge in [-0.1, -0.05) is 72.8 Å².